The van der Waals surface area contributed by atoms with Crippen LogP contribution >= 0.6 is 22.9 Å². The maximum absolute atomic E-state index is 13.3. The van der Waals surface area contributed by atoms with Gasteiger partial charge in [-0.3, -0.25) is 4.79 Å². The van der Waals surface area contributed by atoms with Crippen molar-refractivity contribution in [2.24, 2.45) is 0 Å². The van der Waals surface area contributed by atoms with Crippen LogP contribution in [0.5, 0.6) is 11.5 Å². The maximum Gasteiger partial charge on any atom is 0.291 e. The normalized spacial score (nSPS) is 12.0. The van der Waals surface area contributed by atoms with Crippen LogP contribution < -0.4 is 19.6 Å². The molecule has 0 saturated heterocycles. The Morgan fingerprint density at radius 3 is 2.52 bits per heavy atom. The van der Waals surface area contributed by atoms with Gasteiger partial charge in [0.1, 0.15) is 17.2 Å². The van der Waals surface area contributed by atoms with Crippen molar-refractivity contribution < 1.29 is 9.47 Å². The Kier molecular flexibility index (Phi) is 7.85. The molecule has 3 aromatic heterocycles. The highest BCUT2D eigenvalue weighted by molar-refractivity contribution is 7.15. The van der Waals surface area contributed by atoms with Crippen LogP contribution in [0, 0.1) is 0 Å². The van der Waals surface area contributed by atoms with Gasteiger partial charge in [0.15, 0.2) is 5.82 Å². The molecule has 6 aromatic rings. The second-order valence-electron chi connectivity index (χ2n) is 9.39. The average Bonchev–Trinajstić information content (AvgIpc) is 3.70. The molecule has 0 saturated carbocycles. The number of para-hydroxylation sites is 1. The van der Waals surface area contributed by atoms with Crippen molar-refractivity contribution in [1.29, 1.82) is 0 Å². The molecule has 3 heterocycles. The van der Waals surface area contributed by atoms with Crippen LogP contribution in [0.3, 0.4) is 0 Å². The van der Waals surface area contributed by atoms with Crippen LogP contribution in [0.4, 0.5) is 0 Å². The van der Waals surface area contributed by atoms with E-state index in [0.717, 1.165) is 34.5 Å². The van der Waals surface area contributed by atoms with E-state index in [1.807, 2.05) is 79.0 Å². The molecule has 6 rings (SSSR count). The van der Waals surface area contributed by atoms with Gasteiger partial charge in [0.25, 0.3) is 5.56 Å². The maximum atomic E-state index is 13.3. The number of aromatic nitrogens is 5. The molecule has 0 aliphatic carbocycles. The van der Waals surface area contributed by atoms with E-state index in [-0.39, 0.29) is 5.56 Å². The zero-order chi connectivity index (χ0) is 29.1. The number of methoxy groups -OCH3 is 1. The highest BCUT2D eigenvalue weighted by Crippen LogP contribution is 2.32. The summed E-state index contributed by atoms with van der Waals surface area (Å²) in [6.45, 7) is 2.76. The molecule has 0 amide bonds. The number of fused-ring (bicyclic) bond motifs is 1. The number of thiazole rings is 1. The van der Waals surface area contributed by atoms with Gasteiger partial charge in [0.2, 0.25) is 4.96 Å². The van der Waals surface area contributed by atoms with Crippen LogP contribution in [0.15, 0.2) is 83.8 Å². The molecule has 0 spiro atoms. The molecular formula is C32H26ClN5O3S. The quantitative estimate of drug-likeness (QED) is 0.199. The summed E-state index contributed by atoms with van der Waals surface area (Å²) in [4.78, 5) is 18.4. The smallest absolute Gasteiger partial charge is 0.291 e. The molecule has 0 N–H and O–H groups in total. The van der Waals surface area contributed by atoms with Gasteiger partial charge in [0, 0.05) is 17.3 Å². The molecule has 0 unspecified atom stereocenters. The Balaban J connectivity index is 1.34. The Labute approximate surface area is 250 Å². The SMILES string of the molecule is CCCOc1ccc(/C=C/c2nc3s/c(=C\c4cn(-c5ccccc5)nc4-c4ccc(OC)c(Cl)c4)c(=O)n3n2)cc1. The van der Waals surface area contributed by atoms with E-state index in [9.17, 15) is 4.79 Å². The fourth-order valence-electron chi connectivity index (χ4n) is 4.37. The second-order valence-corrected chi connectivity index (χ2v) is 10.8. The molecule has 42 heavy (non-hydrogen) atoms. The predicted octanol–water partition coefficient (Wildman–Crippen LogP) is 6.17. The van der Waals surface area contributed by atoms with Crippen molar-refractivity contribution in [2.45, 2.75) is 13.3 Å². The summed E-state index contributed by atoms with van der Waals surface area (Å²) in [6.07, 6.45) is 8.37. The van der Waals surface area contributed by atoms with Crippen molar-refractivity contribution in [2.75, 3.05) is 13.7 Å². The van der Waals surface area contributed by atoms with Gasteiger partial charge in [-0.2, -0.15) is 14.6 Å². The highest BCUT2D eigenvalue weighted by atomic mass is 35.5. The Morgan fingerprint density at radius 1 is 1.00 bits per heavy atom. The van der Waals surface area contributed by atoms with E-state index in [4.69, 9.17) is 26.2 Å². The van der Waals surface area contributed by atoms with Crippen molar-refractivity contribution in [3.63, 3.8) is 0 Å². The van der Waals surface area contributed by atoms with Crippen LogP contribution in [-0.4, -0.2) is 38.1 Å². The first-order chi connectivity index (χ1) is 20.5. The average molecular weight is 596 g/mol. The summed E-state index contributed by atoms with van der Waals surface area (Å²) in [5, 5.41) is 9.74. The molecule has 0 radical (unpaired) electrons. The molecular weight excluding hydrogens is 570 g/mol. The minimum absolute atomic E-state index is 0.245. The van der Waals surface area contributed by atoms with Crippen LogP contribution in [-0.2, 0) is 0 Å². The number of hydrogen-bond acceptors (Lipinski definition) is 7. The minimum Gasteiger partial charge on any atom is -0.495 e. The minimum atomic E-state index is -0.245. The lowest BCUT2D eigenvalue weighted by atomic mass is 10.1. The molecule has 10 heteroatoms. The lowest BCUT2D eigenvalue weighted by Crippen LogP contribution is -2.23. The molecule has 0 bridgehead atoms. The van der Waals surface area contributed by atoms with Gasteiger partial charge < -0.3 is 9.47 Å². The summed E-state index contributed by atoms with van der Waals surface area (Å²) < 4.78 is 14.6. The van der Waals surface area contributed by atoms with Gasteiger partial charge >= 0.3 is 0 Å². The zero-order valence-corrected chi connectivity index (χ0v) is 24.5. The first kappa shape index (κ1) is 27.4. The molecule has 3 aromatic carbocycles. The second kappa shape index (κ2) is 12.0. The molecule has 0 fully saturated rings. The van der Waals surface area contributed by atoms with Crippen LogP contribution in [0.1, 0.15) is 30.3 Å². The van der Waals surface area contributed by atoms with Gasteiger partial charge in [-0.05, 0) is 66.6 Å². The fraction of sp³-hybridized carbons (Fsp3) is 0.125. The topological polar surface area (TPSA) is 83.5 Å². The number of nitrogens with zero attached hydrogens (tertiary/aromatic N) is 5. The van der Waals surface area contributed by atoms with E-state index >= 15 is 0 Å². The van der Waals surface area contributed by atoms with Crippen molar-refractivity contribution >= 4 is 46.1 Å². The van der Waals surface area contributed by atoms with E-state index in [0.29, 0.717) is 38.4 Å². The van der Waals surface area contributed by atoms with E-state index < -0.39 is 0 Å². The Morgan fingerprint density at radius 2 is 1.81 bits per heavy atom. The first-order valence-corrected chi connectivity index (χ1v) is 14.5. The zero-order valence-electron chi connectivity index (χ0n) is 22.9. The Bertz CT molecular complexity index is 2000. The summed E-state index contributed by atoms with van der Waals surface area (Å²) >= 11 is 7.71. The van der Waals surface area contributed by atoms with Gasteiger partial charge in [-0.15, -0.1) is 5.10 Å². The van der Waals surface area contributed by atoms with Crippen molar-refractivity contribution in [1.82, 2.24) is 24.4 Å². The van der Waals surface area contributed by atoms with Crippen LogP contribution in [0.25, 0.3) is 40.1 Å². The van der Waals surface area contributed by atoms with Crippen molar-refractivity contribution in [3.8, 4) is 28.4 Å². The summed E-state index contributed by atoms with van der Waals surface area (Å²) in [7, 11) is 1.57. The number of rotatable bonds is 9. The fourth-order valence-corrected chi connectivity index (χ4v) is 5.53. The van der Waals surface area contributed by atoms with Crippen molar-refractivity contribution in [3.05, 3.63) is 116 Å². The predicted molar refractivity (Wildman–Crippen MR) is 168 cm³/mol. The largest absolute Gasteiger partial charge is 0.495 e. The lowest BCUT2D eigenvalue weighted by Gasteiger charge is -2.05. The number of halogens is 1. The van der Waals surface area contributed by atoms with Crippen LogP contribution in [0.2, 0.25) is 5.02 Å². The standard InChI is InChI=1S/C32H26ClN5O3S/c1-3-17-41-25-13-9-21(10-14-25)11-16-29-34-32-38(35-29)31(39)28(42-32)19-23-20-37(24-7-5-4-6-8-24)36-30(23)22-12-15-27(40-2)26(33)18-22/h4-16,18-20H,3,17H2,1-2H3/b16-11+,28-19-. The van der Waals surface area contributed by atoms with Gasteiger partial charge in [-0.1, -0.05) is 66.3 Å². The van der Waals surface area contributed by atoms with Gasteiger partial charge in [-0.25, -0.2) is 4.68 Å². The molecule has 0 aliphatic rings. The number of hydrogen-bond donors (Lipinski definition) is 0. The molecule has 8 nitrogen and oxygen atoms in total. The third kappa shape index (κ3) is 5.70. The molecule has 210 valence electrons. The van der Waals surface area contributed by atoms with E-state index in [2.05, 4.69) is 17.0 Å². The number of benzene rings is 3. The Hall–Kier alpha value is -4.73. The van der Waals surface area contributed by atoms with E-state index in [1.165, 1.54) is 15.9 Å². The lowest BCUT2D eigenvalue weighted by molar-refractivity contribution is 0.317. The third-order valence-corrected chi connectivity index (χ3v) is 7.71. The van der Waals surface area contributed by atoms with E-state index in [1.54, 1.807) is 30.0 Å². The monoisotopic (exact) mass is 595 g/mol. The first-order valence-electron chi connectivity index (χ1n) is 13.3. The summed E-state index contributed by atoms with van der Waals surface area (Å²) in [6, 6.07) is 23.1. The summed E-state index contributed by atoms with van der Waals surface area (Å²) in [5.74, 6) is 1.87. The summed E-state index contributed by atoms with van der Waals surface area (Å²) in [5.41, 5.74) is 3.86. The molecule has 0 aliphatic heterocycles. The highest BCUT2D eigenvalue weighted by Gasteiger charge is 2.15. The molecule has 0 atom stereocenters. The third-order valence-electron chi connectivity index (χ3n) is 6.45. The van der Waals surface area contributed by atoms with Gasteiger partial charge in [0.05, 0.1) is 29.0 Å². The number of ether oxygens (including phenoxy) is 2.